The number of benzene rings is 1. The van der Waals surface area contributed by atoms with Gasteiger partial charge in [0.1, 0.15) is 5.75 Å². The second-order valence-electron chi connectivity index (χ2n) is 5.50. The Hall–Kier alpha value is -1.02. The number of likely N-dealkylation sites (N-methyl/N-ethyl adjacent to an activating group) is 1. The molecule has 1 N–H and O–H groups in total. The van der Waals surface area contributed by atoms with Crippen LogP contribution in [-0.4, -0.2) is 29.6 Å². The Kier molecular flexibility index (Phi) is 4.28. The van der Waals surface area contributed by atoms with E-state index in [0.717, 1.165) is 19.6 Å². The van der Waals surface area contributed by atoms with E-state index in [0.29, 0.717) is 5.75 Å². The van der Waals surface area contributed by atoms with Gasteiger partial charge in [-0.3, -0.25) is 0 Å². The number of hydrogen-bond acceptors (Lipinski definition) is 2. The third-order valence-corrected chi connectivity index (χ3v) is 4.44. The van der Waals surface area contributed by atoms with E-state index in [1.165, 1.54) is 31.2 Å². The van der Waals surface area contributed by atoms with Crippen molar-refractivity contribution in [1.29, 1.82) is 0 Å². The number of nitrogens with zero attached hydrogens (tertiary/aromatic N) is 1. The standard InChI is InChI=1S/C16H25NO/c1-3-17(4-2)13-16(10-5-6-11-16)14-8-7-9-15(18)12-14/h7-9,12,18H,3-6,10-11,13H2,1-2H3. The highest BCUT2D eigenvalue weighted by atomic mass is 16.3. The van der Waals surface area contributed by atoms with E-state index < -0.39 is 0 Å². The summed E-state index contributed by atoms with van der Waals surface area (Å²) in [5.41, 5.74) is 1.59. The van der Waals surface area contributed by atoms with Gasteiger partial charge in [0.05, 0.1) is 0 Å². The lowest BCUT2D eigenvalue weighted by atomic mass is 9.78. The molecular formula is C16H25NO. The molecule has 0 aliphatic heterocycles. The number of phenols is 1. The van der Waals surface area contributed by atoms with Crippen LogP contribution >= 0.6 is 0 Å². The van der Waals surface area contributed by atoms with E-state index in [4.69, 9.17) is 0 Å². The molecule has 1 aromatic rings. The summed E-state index contributed by atoms with van der Waals surface area (Å²) in [7, 11) is 0. The molecule has 1 saturated carbocycles. The van der Waals surface area contributed by atoms with Crippen LogP contribution in [0.1, 0.15) is 45.1 Å². The van der Waals surface area contributed by atoms with Gasteiger partial charge < -0.3 is 10.0 Å². The summed E-state index contributed by atoms with van der Waals surface area (Å²) in [6.45, 7) is 7.81. The van der Waals surface area contributed by atoms with Gasteiger partial charge in [0.15, 0.2) is 0 Å². The first-order valence-corrected chi connectivity index (χ1v) is 7.22. The van der Waals surface area contributed by atoms with Crippen molar-refractivity contribution in [1.82, 2.24) is 4.90 Å². The number of hydrogen-bond donors (Lipinski definition) is 1. The Morgan fingerprint density at radius 1 is 1.17 bits per heavy atom. The molecule has 0 radical (unpaired) electrons. The van der Waals surface area contributed by atoms with Crippen molar-refractivity contribution >= 4 is 0 Å². The molecule has 1 aliphatic rings. The SMILES string of the molecule is CCN(CC)CC1(c2cccc(O)c2)CCCC1. The molecule has 0 heterocycles. The minimum atomic E-state index is 0.269. The molecular weight excluding hydrogens is 222 g/mol. The van der Waals surface area contributed by atoms with Gasteiger partial charge in [-0.25, -0.2) is 0 Å². The molecule has 0 atom stereocenters. The van der Waals surface area contributed by atoms with E-state index in [9.17, 15) is 5.11 Å². The summed E-state index contributed by atoms with van der Waals surface area (Å²) >= 11 is 0. The molecule has 2 nitrogen and oxygen atoms in total. The zero-order valence-corrected chi connectivity index (χ0v) is 11.7. The molecule has 18 heavy (non-hydrogen) atoms. The smallest absolute Gasteiger partial charge is 0.115 e. The van der Waals surface area contributed by atoms with Crippen molar-refractivity contribution in [3.63, 3.8) is 0 Å². The summed E-state index contributed by atoms with van der Waals surface area (Å²) in [5.74, 6) is 0.401. The van der Waals surface area contributed by atoms with Gasteiger partial charge in [-0.05, 0) is 43.6 Å². The highest BCUT2D eigenvalue weighted by Crippen LogP contribution is 2.42. The quantitative estimate of drug-likeness (QED) is 0.860. The van der Waals surface area contributed by atoms with Crippen molar-refractivity contribution in [2.45, 2.75) is 44.9 Å². The molecule has 1 aliphatic carbocycles. The van der Waals surface area contributed by atoms with Crippen LogP contribution < -0.4 is 0 Å². The van der Waals surface area contributed by atoms with Crippen LogP contribution in [0.3, 0.4) is 0 Å². The highest BCUT2D eigenvalue weighted by molar-refractivity contribution is 5.34. The maximum absolute atomic E-state index is 9.72. The maximum Gasteiger partial charge on any atom is 0.115 e. The molecule has 1 fully saturated rings. The fraction of sp³-hybridized carbons (Fsp3) is 0.625. The summed E-state index contributed by atoms with van der Waals surface area (Å²) in [4.78, 5) is 2.51. The molecule has 0 bridgehead atoms. The van der Waals surface area contributed by atoms with Crippen molar-refractivity contribution in [2.24, 2.45) is 0 Å². The van der Waals surface area contributed by atoms with Crippen molar-refractivity contribution < 1.29 is 5.11 Å². The Bertz CT molecular complexity index is 378. The summed E-state index contributed by atoms with van der Waals surface area (Å²) in [5, 5.41) is 9.72. The minimum Gasteiger partial charge on any atom is -0.508 e. The maximum atomic E-state index is 9.72. The predicted octanol–water partition coefficient (Wildman–Crippen LogP) is 3.55. The fourth-order valence-corrected chi connectivity index (χ4v) is 3.30. The van der Waals surface area contributed by atoms with Crippen LogP contribution in [-0.2, 0) is 5.41 Å². The zero-order chi connectivity index (χ0) is 13.0. The van der Waals surface area contributed by atoms with Crippen LogP contribution in [0.15, 0.2) is 24.3 Å². The van der Waals surface area contributed by atoms with Crippen LogP contribution in [0.25, 0.3) is 0 Å². The zero-order valence-electron chi connectivity index (χ0n) is 11.7. The van der Waals surface area contributed by atoms with Gasteiger partial charge in [0, 0.05) is 12.0 Å². The van der Waals surface area contributed by atoms with Gasteiger partial charge in [-0.2, -0.15) is 0 Å². The van der Waals surface area contributed by atoms with E-state index >= 15 is 0 Å². The van der Waals surface area contributed by atoms with Crippen LogP contribution in [0.5, 0.6) is 5.75 Å². The lowest BCUT2D eigenvalue weighted by Crippen LogP contribution is -2.39. The van der Waals surface area contributed by atoms with Crippen LogP contribution in [0.4, 0.5) is 0 Å². The lowest BCUT2D eigenvalue weighted by Gasteiger charge is -2.35. The Labute approximate surface area is 111 Å². The first-order chi connectivity index (χ1) is 8.70. The van der Waals surface area contributed by atoms with Crippen molar-refractivity contribution in [3.8, 4) is 5.75 Å². The van der Waals surface area contributed by atoms with Gasteiger partial charge >= 0.3 is 0 Å². The molecule has 0 saturated heterocycles. The van der Waals surface area contributed by atoms with Gasteiger partial charge in [-0.1, -0.05) is 38.8 Å². The predicted molar refractivity (Wildman–Crippen MR) is 76.0 cm³/mol. The molecule has 100 valence electrons. The van der Waals surface area contributed by atoms with E-state index in [1.807, 2.05) is 12.1 Å². The Morgan fingerprint density at radius 3 is 2.39 bits per heavy atom. The molecule has 0 amide bonds. The summed E-state index contributed by atoms with van der Waals surface area (Å²) in [6, 6.07) is 7.90. The first kappa shape index (κ1) is 13.4. The Morgan fingerprint density at radius 2 is 1.83 bits per heavy atom. The van der Waals surface area contributed by atoms with Gasteiger partial charge in [0.2, 0.25) is 0 Å². The second-order valence-corrected chi connectivity index (χ2v) is 5.50. The molecule has 2 rings (SSSR count). The highest BCUT2D eigenvalue weighted by Gasteiger charge is 2.36. The van der Waals surface area contributed by atoms with E-state index in [2.05, 4.69) is 24.8 Å². The molecule has 0 aromatic heterocycles. The van der Waals surface area contributed by atoms with Crippen LogP contribution in [0, 0.1) is 0 Å². The average molecular weight is 247 g/mol. The van der Waals surface area contributed by atoms with E-state index in [-0.39, 0.29) is 5.41 Å². The van der Waals surface area contributed by atoms with E-state index in [1.54, 1.807) is 6.07 Å². The average Bonchev–Trinajstić information content (AvgIpc) is 2.86. The third kappa shape index (κ3) is 2.69. The monoisotopic (exact) mass is 247 g/mol. The van der Waals surface area contributed by atoms with Crippen molar-refractivity contribution in [2.75, 3.05) is 19.6 Å². The van der Waals surface area contributed by atoms with Gasteiger partial charge in [-0.15, -0.1) is 0 Å². The lowest BCUT2D eigenvalue weighted by molar-refractivity contribution is 0.224. The minimum absolute atomic E-state index is 0.269. The summed E-state index contributed by atoms with van der Waals surface area (Å²) < 4.78 is 0. The number of aromatic hydroxyl groups is 1. The van der Waals surface area contributed by atoms with Gasteiger partial charge in [0.25, 0.3) is 0 Å². The summed E-state index contributed by atoms with van der Waals surface area (Å²) in [6.07, 6.45) is 5.15. The second kappa shape index (κ2) is 5.75. The number of phenolic OH excluding ortho intramolecular Hbond substituents is 1. The molecule has 2 heteroatoms. The first-order valence-electron chi connectivity index (χ1n) is 7.22. The van der Waals surface area contributed by atoms with Crippen LogP contribution in [0.2, 0.25) is 0 Å². The largest absolute Gasteiger partial charge is 0.508 e. The third-order valence-electron chi connectivity index (χ3n) is 4.44. The molecule has 0 spiro atoms. The topological polar surface area (TPSA) is 23.5 Å². The Balaban J connectivity index is 2.26. The van der Waals surface area contributed by atoms with Crippen molar-refractivity contribution in [3.05, 3.63) is 29.8 Å². The molecule has 0 unspecified atom stereocenters. The normalized spacial score (nSPS) is 18.4. The fourth-order valence-electron chi connectivity index (χ4n) is 3.30. The molecule has 1 aromatic carbocycles. The number of rotatable bonds is 5.